The predicted molar refractivity (Wildman–Crippen MR) is 69.2 cm³/mol. The van der Waals surface area contributed by atoms with Gasteiger partial charge in [-0.25, -0.2) is 0 Å². The Labute approximate surface area is 97.4 Å². The van der Waals surface area contributed by atoms with Crippen LogP contribution in [0.3, 0.4) is 0 Å². The first-order chi connectivity index (χ1) is 7.13. The SMILES string of the molecule is Cc1cc(CN)ccc1SCCC(C)C. The maximum atomic E-state index is 5.60. The molecule has 2 heteroatoms. The molecule has 0 radical (unpaired) electrons. The van der Waals surface area contributed by atoms with Gasteiger partial charge in [0.15, 0.2) is 0 Å². The third-order valence-electron chi connectivity index (χ3n) is 2.43. The van der Waals surface area contributed by atoms with Gasteiger partial charge in [0.25, 0.3) is 0 Å². The largest absolute Gasteiger partial charge is 0.326 e. The molecule has 0 aromatic heterocycles. The highest BCUT2D eigenvalue weighted by Gasteiger charge is 2.01. The van der Waals surface area contributed by atoms with E-state index in [4.69, 9.17) is 5.73 Å². The highest BCUT2D eigenvalue weighted by Crippen LogP contribution is 2.24. The summed E-state index contributed by atoms with van der Waals surface area (Å²) >= 11 is 1.95. The van der Waals surface area contributed by atoms with Crippen molar-refractivity contribution < 1.29 is 0 Å². The molecule has 0 aliphatic carbocycles. The summed E-state index contributed by atoms with van der Waals surface area (Å²) in [6.45, 7) is 7.34. The van der Waals surface area contributed by atoms with E-state index in [1.807, 2.05) is 11.8 Å². The molecule has 1 nitrogen and oxygen atoms in total. The lowest BCUT2D eigenvalue weighted by molar-refractivity contribution is 0.632. The van der Waals surface area contributed by atoms with Crippen LogP contribution in [0.4, 0.5) is 0 Å². The summed E-state index contributed by atoms with van der Waals surface area (Å²) < 4.78 is 0. The molecule has 0 unspecified atom stereocenters. The Morgan fingerprint density at radius 3 is 2.60 bits per heavy atom. The zero-order valence-electron chi connectivity index (χ0n) is 9.92. The van der Waals surface area contributed by atoms with Crippen molar-refractivity contribution in [1.82, 2.24) is 0 Å². The van der Waals surface area contributed by atoms with Crippen LogP contribution >= 0.6 is 11.8 Å². The molecule has 0 saturated carbocycles. The summed E-state index contributed by atoms with van der Waals surface area (Å²) in [5.41, 5.74) is 8.18. The molecule has 0 saturated heterocycles. The lowest BCUT2D eigenvalue weighted by atomic mass is 10.1. The summed E-state index contributed by atoms with van der Waals surface area (Å²) in [4.78, 5) is 1.40. The van der Waals surface area contributed by atoms with Crippen LogP contribution in [-0.4, -0.2) is 5.75 Å². The maximum Gasteiger partial charge on any atom is 0.0178 e. The summed E-state index contributed by atoms with van der Waals surface area (Å²) in [5.74, 6) is 2.00. The maximum absolute atomic E-state index is 5.60. The van der Waals surface area contributed by atoms with Gasteiger partial charge in [0.05, 0.1) is 0 Å². The first-order valence-electron chi connectivity index (χ1n) is 5.56. The molecular formula is C13H21NS. The Bertz CT molecular complexity index is 307. The second kappa shape index (κ2) is 6.19. The Kier molecular flexibility index (Phi) is 5.20. The molecule has 0 bridgehead atoms. The molecule has 2 N–H and O–H groups in total. The molecule has 1 aromatic rings. The molecule has 15 heavy (non-hydrogen) atoms. The van der Waals surface area contributed by atoms with Crippen LogP contribution in [-0.2, 0) is 6.54 Å². The summed E-state index contributed by atoms with van der Waals surface area (Å²) in [6, 6.07) is 6.52. The molecule has 0 amide bonds. The third-order valence-corrected chi connectivity index (χ3v) is 3.64. The fourth-order valence-corrected chi connectivity index (χ4v) is 2.67. The van der Waals surface area contributed by atoms with Crippen LogP contribution < -0.4 is 5.73 Å². The molecule has 1 aromatic carbocycles. The van der Waals surface area contributed by atoms with E-state index in [0.717, 1.165) is 5.92 Å². The van der Waals surface area contributed by atoms with Crippen molar-refractivity contribution in [3.63, 3.8) is 0 Å². The number of aryl methyl sites for hydroxylation is 1. The molecule has 0 fully saturated rings. The van der Waals surface area contributed by atoms with Gasteiger partial charge < -0.3 is 5.73 Å². The number of hydrogen-bond donors (Lipinski definition) is 1. The monoisotopic (exact) mass is 223 g/mol. The van der Waals surface area contributed by atoms with Crippen LogP contribution in [0.2, 0.25) is 0 Å². The fraction of sp³-hybridized carbons (Fsp3) is 0.538. The van der Waals surface area contributed by atoms with Gasteiger partial charge >= 0.3 is 0 Å². The van der Waals surface area contributed by atoms with Gasteiger partial charge in [0.1, 0.15) is 0 Å². The van der Waals surface area contributed by atoms with Crippen molar-refractivity contribution in [3.8, 4) is 0 Å². The van der Waals surface area contributed by atoms with Crippen molar-refractivity contribution in [3.05, 3.63) is 29.3 Å². The molecule has 0 heterocycles. The minimum Gasteiger partial charge on any atom is -0.326 e. The lowest BCUT2D eigenvalue weighted by Crippen LogP contribution is -1.97. The van der Waals surface area contributed by atoms with Crippen LogP contribution in [0.25, 0.3) is 0 Å². The first-order valence-corrected chi connectivity index (χ1v) is 6.54. The lowest BCUT2D eigenvalue weighted by Gasteiger charge is -2.08. The molecule has 84 valence electrons. The zero-order valence-corrected chi connectivity index (χ0v) is 10.7. The smallest absolute Gasteiger partial charge is 0.0178 e. The minimum absolute atomic E-state index is 0.637. The van der Waals surface area contributed by atoms with E-state index in [9.17, 15) is 0 Å². The molecular weight excluding hydrogens is 202 g/mol. The number of rotatable bonds is 5. The van der Waals surface area contributed by atoms with E-state index in [-0.39, 0.29) is 0 Å². The third kappa shape index (κ3) is 4.27. The van der Waals surface area contributed by atoms with Crippen LogP contribution in [0, 0.1) is 12.8 Å². The molecule has 0 aliphatic rings. The number of nitrogens with two attached hydrogens (primary N) is 1. The predicted octanol–water partition coefficient (Wildman–Crippen LogP) is 3.59. The number of hydrogen-bond acceptors (Lipinski definition) is 2. The van der Waals surface area contributed by atoms with Gasteiger partial charge in [0, 0.05) is 11.4 Å². The Hall–Kier alpha value is -0.470. The van der Waals surface area contributed by atoms with Gasteiger partial charge in [-0.1, -0.05) is 26.0 Å². The molecule has 1 rings (SSSR count). The summed E-state index contributed by atoms with van der Waals surface area (Å²) in [5, 5.41) is 0. The quantitative estimate of drug-likeness (QED) is 0.772. The van der Waals surface area contributed by atoms with Crippen molar-refractivity contribution >= 4 is 11.8 Å². The fourth-order valence-electron chi connectivity index (χ4n) is 1.41. The van der Waals surface area contributed by atoms with E-state index < -0.39 is 0 Å². The van der Waals surface area contributed by atoms with E-state index >= 15 is 0 Å². The van der Waals surface area contributed by atoms with Crippen LogP contribution in [0.5, 0.6) is 0 Å². The average Bonchev–Trinajstić information content (AvgIpc) is 2.20. The van der Waals surface area contributed by atoms with E-state index in [2.05, 4.69) is 39.0 Å². The number of benzene rings is 1. The first kappa shape index (κ1) is 12.6. The van der Waals surface area contributed by atoms with Crippen molar-refractivity contribution in [2.45, 2.75) is 38.6 Å². The topological polar surface area (TPSA) is 26.0 Å². The van der Waals surface area contributed by atoms with Crippen molar-refractivity contribution in [2.24, 2.45) is 11.7 Å². The molecule has 0 aliphatic heterocycles. The Morgan fingerprint density at radius 2 is 2.07 bits per heavy atom. The second-order valence-corrected chi connectivity index (χ2v) is 5.47. The Morgan fingerprint density at radius 1 is 1.33 bits per heavy atom. The van der Waals surface area contributed by atoms with Gasteiger partial charge in [-0.2, -0.15) is 0 Å². The second-order valence-electron chi connectivity index (χ2n) is 4.33. The van der Waals surface area contributed by atoms with Gasteiger partial charge in [-0.3, -0.25) is 0 Å². The normalized spacial score (nSPS) is 11.0. The highest BCUT2D eigenvalue weighted by atomic mass is 32.2. The Balaban J connectivity index is 2.54. The van der Waals surface area contributed by atoms with Gasteiger partial charge in [0.2, 0.25) is 0 Å². The van der Waals surface area contributed by atoms with Gasteiger partial charge in [-0.05, 0) is 42.2 Å². The van der Waals surface area contributed by atoms with Crippen LogP contribution in [0.1, 0.15) is 31.4 Å². The number of thioether (sulfide) groups is 1. The summed E-state index contributed by atoms with van der Waals surface area (Å²) in [6.07, 6.45) is 1.28. The zero-order chi connectivity index (χ0) is 11.3. The van der Waals surface area contributed by atoms with Crippen LogP contribution in [0.15, 0.2) is 23.1 Å². The van der Waals surface area contributed by atoms with Gasteiger partial charge in [-0.15, -0.1) is 11.8 Å². The van der Waals surface area contributed by atoms with E-state index in [1.165, 1.54) is 28.2 Å². The minimum atomic E-state index is 0.637. The standard InChI is InChI=1S/C13H21NS/c1-10(2)6-7-15-13-5-4-12(9-14)8-11(13)3/h4-5,8,10H,6-7,9,14H2,1-3H3. The van der Waals surface area contributed by atoms with Crippen molar-refractivity contribution in [2.75, 3.05) is 5.75 Å². The summed E-state index contributed by atoms with van der Waals surface area (Å²) in [7, 11) is 0. The molecule has 0 spiro atoms. The molecule has 0 atom stereocenters. The average molecular weight is 223 g/mol. The van der Waals surface area contributed by atoms with Crippen molar-refractivity contribution in [1.29, 1.82) is 0 Å². The highest BCUT2D eigenvalue weighted by molar-refractivity contribution is 7.99. The van der Waals surface area contributed by atoms with E-state index in [0.29, 0.717) is 6.54 Å². The van der Waals surface area contributed by atoms with E-state index in [1.54, 1.807) is 0 Å².